The molecular formula is C15H15FN2O3. The molecule has 2 aromatic carbocycles. The highest BCUT2D eigenvalue weighted by Crippen LogP contribution is 2.30. The van der Waals surface area contributed by atoms with Gasteiger partial charge in [0, 0.05) is 5.69 Å². The normalized spacial score (nSPS) is 10.5. The summed E-state index contributed by atoms with van der Waals surface area (Å²) in [5.41, 5.74) is 0.150. The van der Waals surface area contributed by atoms with Crippen molar-refractivity contribution in [3.05, 3.63) is 58.4 Å². The zero-order chi connectivity index (χ0) is 15.4. The number of anilines is 2. The fraction of sp³-hybridized carbons (Fsp3) is 0.200. The van der Waals surface area contributed by atoms with Gasteiger partial charge in [-0.05, 0) is 50.2 Å². The third kappa shape index (κ3) is 3.68. The van der Waals surface area contributed by atoms with Gasteiger partial charge in [-0.1, -0.05) is 6.07 Å². The Kier molecular flexibility index (Phi) is 4.37. The molecule has 0 spiro atoms. The zero-order valence-corrected chi connectivity index (χ0v) is 11.7. The second kappa shape index (κ2) is 6.21. The molecule has 0 aliphatic heterocycles. The minimum atomic E-state index is -0.871. The van der Waals surface area contributed by atoms with Gasteiger partial charge in [0.05, 0.1) is 11.0 Å². The fourth-order valence-corrected chi connectivity index (χ4v) is 1.85. The van der Waals surface area contributed by atoms with Crippen molar-refractivity contribution in [2.45, 2.75) is 20.0 Å². The van der Waals surface area contributed by atoms with Crippen molar-refractivity contribution < 1.29 is 14.1 Å². The Morgan fingerprint density at radius 3 is 2.43 bits per heavy atom. The first-order valence-corrected chi connectivity index (χ1v) is 6.44. The second-order valence-corrected chi connectivity index (χ2v) is 4.71. The maximum absolute atomic E-state index is 13.5. The number of benzene rings is 2. The van der Waals surface area contributed by atoms with Gasteiger partial charge in [0.25, 0.3) is 0 Å². The molecule has 0 aliphatic carbocycles. The lowest BCUT2D eigenvalue weighted by molar-refractivity contribution is -0.386. The summed E-state index contributed by atoms with van der Waals surface area (Å²) < 4.78 is 19.0. The zero-order valence-electron chi connectivity index (χ0n) is 11.7. The molecule has 0 atom stereocenters. The number of nitro benzene ring substituents is 1. The van der Waals surface area contributed by atoms with Crippen molar-refractivity contribution >= 4 is 17.1 Å². The van der Waals surface area contributed by atoms with Crippen molar-refractivity contribution in [2.24, 2.45) is 0 Å². The van der Waals surface area contributed by atoms with Gasteiger partial charge in [-0.25, -0.2) is 0 Å². The Labute approximate surface area is 121 Å². The number of halogens is 1. The van der Waals surface area contributed by atoms with Gasteiger partial charge in [0.15, 0.2) is 0 Å². The Morgan fingerprint density at radius 2 is 1.86 bits per heavy atom. The number of nitrogens with one attached hydrogen (secondary N) is 1. The van der Waals surface area contributed by atoms with E-state index < -0.39 is 16.4 Å². The molecule has 0 amide bonds. The predicted octanol–water partition coefficient (Wildman–Crippen LogP) is 4.26. The Morgan fingerprint density at radius 1 is 1.19 bits per heavy atom. The molecule has 0 radical (unpaired) electrons. The molecule has 2 aromatic rings. The Balaban J connectivity index is 2.22. The first-order chi connectivity index (χ1) is 9.97. The summed E-state index contributed by atoms with van der Waals surface area (Å²) in [7, 11) is 0. The lowest BCUT2D eigenvalue weighted by Crippen LogP contribution is -2.05. The van der Waals surface area contributed by atoms with Crippen molar-refractivity contribution in [3.8, 4) is 5.75 Å². The summed E-state index contributed by atoms with van der Waals surface area (Å²) >= 11 is 0. The molecule has 0 unspecified atom stereocenters. The van der Waals surface area contributed by atoms with E-state index in [1.54, 1.807) is 24.3 Å². The summed E-state index contributed by atoms with van der Waals surface area (Å²) in [6.07, 6.45) is 0.0631. The van der Waals surface area contributed by atoms with E-state index in [9.17, 15) is 14.5 Å². The van der Waals surface area contributed by atoms with Gasteiger partial charge < -0.3 is 10.1 Å². The lowest BCUT2D eigenvalue weighted by Gasteiger charge is -2.11. The van der Waals surface area contributed by atoms with Gasteiger partial charge in [-0.15, -0.1) is 0 Å². The van der Waals surface area contributed by atoms with Gasteiger partial charge in [0.1, 0.15) is 11.4 Å². The molecule has 1 N–H and O–H groups in total. The quantitative estimate of drug-likeness (QED) is 0.660. The molecule has 21 heavy (non-hydrogen) atoms. The summed E-state index contributed by atoms with van der Waals surface area (Å²) in [4.78, 5) is 10.2. The number of para-hydroxylation sites is 1. The molecule has 6 heteroatoms. The molecular weight excluding hydrogens is 275 g/mol. The summed E-state index contributed by atoms with van der Waals surface area (Å²) in [6.45, 7) is 3.84. The van der Waals surface area contributed by atoms with Crippen LogP contribution in [-0.4, -0.2) is 11.0 Å². The third-order valence-electron chi connectivity index (χ3n) is 2.67. The molecule has 110 valence electrons. The van der Waals surface area contributed by atoms with Crippen LogP contribution < -0.4 is 10.1 Å². The van der Waals surface area contributed by atoms with E-state index in [0.717, 1.165) is 6.07 Å². The van der Waals surface area contributed by atoms with Crippen LogP contribution in [0.15, 0.2) is 42.5 Å². The third-order valence-corrected chi connectivity index (χ3v) is 2.67. The predicted molar refractivity (Wildman–Crippen MR) is 78.5 cm³/mol. The van der Waals surface area contributed by atoms with Gasteiger partial charge >= 0.3 is 5.69 Å². The number of nitro groups is 1. The van der Waals surface area contributed by atoms with E-state index in [4.69, 9.17) is 4.74 Å². The number of hydrogen-bond acceptors (Lipinski definition) is 4. The fourth-order valence-electron chi connectivity index (χ4n) is 1.85. The SMILES string of the molecule is CC(C)Oc1ccc(Nc2cccc(F)c2[N+](=O)[O-])cc1. The van der Waals surface area contributed by atoms with Crippen LogP contribution in [0, 0.1) is 15.9 Å². The molecule has 5 nitrogen and oxygen atoms in total. The number of nitrogens with zero attached hydrogens (tertiary/aromatic N) is 1. The van der Waals surface area contributed by atoms with Crippen molar-refractivity contribution in [1.82, 2.24) is 0 Å². The van der Waals surface area contributed by atoms with Crippen molar-refractivity contribution in [2.75, 3.05) is 5.32 Å². The maximum atomic E-state index is 13.5. The molecule has 0 bridgehead atoms. The van der Waals surface area contributed by atoms with E-state index in [1.165, 1.54) is 12.1 Å². The van der Waals surface area contributed by atoms with E-state index in [1.807, 2.05) is 13.8 Å². The highest BCUT2D eigenvalue weighted by Gasteiger charge is 2.19. The smallest absolute Gasteiger partial charge is 0.327 e. The van der Waals surface area contributed by atoms with Crippen LogP contribution in [0.25, 0.3) is 0 Å². The van der Waals surface area contributed by atoms with Crippen LogP contribution in [-0.2, 0) is 0 Å². The molecule has 0 fully saturated rings. The number of rotatable bonds is 5. The average molecular weight is 290 g/mol. The summed E-state index contributed by atoms with van der Waals surface area (Å²) in [5.74, 6) is -0.172. The highest BCUT2D eigenvalue weighted by atomic mass is 19.1. The molecule has 0 heterocycles. The molecule has 0 aromatic heterocycles. The Hall–Kier alpha value is -2.63. The van der Waals surface area contributed by atoms with Crippen LogP contribution >= 0.6 is 0 Å². The van der Waals surface area contributed by atoms with Crippen molar-refractivity contribution in [1.29, 1.82) is 0 Å². The molecule has 0 saturated heterocycles. The molecule has 0 saturated carbocycles. The van der Waals surface area contributed by atoms with Crippen LogP contribution in [0.5, 0.6) is 5.75 Å². The topological polar surface area (TPSA) is 64.4 Å². The summed E-state index contributed by atoms with van der Waals surface area (Å²) in [5, 5.41) is 13.8. The standard InChI is InChI=1S/C15H15FN2O3/c1-10(2)21-12-8-6-11(7-9-12)17-14-5-3-4-13(16)15(14)18(19)20/h3-10,17H,1-2H3. The number of ether oxygens (including phenoxy) is 1. The maximum Gasteiger partial charge on any atom is 0.327 e. The second-order valence-electron chi connectivity index (χ2n) is 4.71. The largest absolute Gasteiger partial charge is 0.491 e. The minimum absolute atomic E-state index is 0.0631. The van der Waals surface area contributed by atoms with Gasteiger partial charge in [-0.2, -0.15) is 4.39 Å². The molecule has 0 aliphatic rings. The summed E-state index contributed by atoms with van der Waals surface area (Å²) in [6, 6.07) is 10.9. The lowest BCUT2D eigenvalue weighted by atomic mass is 10.2. The van der Waals surface area contributed by atoms with Crippen LogP contribution in [0.4, 0.5) is 21.5 Å². The average Bonchev–Trinajstić information content (AvgIpc) is 2.40. The molecule has 2 rings (SSSR count). The van der Waals surface area contributed by atoms with E-state index in [2.05, 4.69) is 5.32 Å². The van der Waals surface area contributed by atoms with Crippen LogP contribution in [0.2, 0.25) is 0 Å². The minimum Gasteiger partial charge on any atom is -0.491 e. The number of hydrogen-bond donors (Lipinski definition) is 1. The van der Waals surface area contributed by atoms with Gasteiger partial charge in [-0.3, -0.25) is 10.1 Å². The van der Waals surface area contributed by atoms with E-state index >= 15 is 0 Å². The Bertz CT molecular complexity index is 642. The monoisotopic (exact) mass is 290 g/mol. The van der Waals surface area contributed by atoms with E-state index in [0.29, 0.717) is 11.4 Å². The van der Waals surface area contributed by atoms with Crippen LogP contribution in [0.3, 0.4) is 0 Å². The van der Waals surface area contributed by atoms with Crippen molar-refractivity contribution in [3.63, 3.8) is 0 Å². The first-order valence-electron chi connectivity index (χ1n) is 6.44. The first kappa shape index (κ1) is 14.8. The van der Waals surface area contributed by atoms with Crippen LogP contribution in [0.1, 0.15) is 13.8 Å². The highest BCUT2D eigenvalue weighted by molar-refractivity contribution is 5.70. The van der Waals surface area contributed by atoms with E-state index in [-0.39, 0.29) is 11.8 Å². The van der Waals surface area contributed by atoms with Gasteiger partial charge in [0.2, 0.25) is 5.82 Å².